The molecule has 1 saturated heterocycles. The van der Waals surface area contributed by atoms with Gasteiger partial charge in [-0.25, -0.2) is 14.2 Å². The monoisotopic (exact) mass is 1570 g/mol. The highest BCUT2D eigenvalue weighted by atomic mass is 19.1. The average Bonchev–Trinajstić information content (AvgIpc) is 1.51. The number of carbonyl (C=O) groups excluding carboxylic acids is 10. The molecule has 2 aromatic heterocycles. The minimum absolute atomic E-state index is 0.0174. The van der Waals surface area contributed by atoms with Crippen LogP contribution in [0.2, 0.25) is 0 Å². The number of Topliss-reactive ketones (excluding diaryl/α,β-unsaturated/α-hetero) is 1. The smallest absolute Gasteiger partial charge is 0.343 e. The highest BCUT2D eigenvalue weighted by molar-refractivity contribution is 6.03. The van der Waals surface area contributed by atoms with Crippen LogP contribution >= 0.6 is 0 Å². The van der Waals surface area contributed by atoms with Gasteiger partial charge in [0.2, 0.25) is 47.3 Å². The van der Waals surface area contributed by atoms with Gasteiger partial charge in [-0.2, -0.15) is 0 Å². The van der Waals surface area contributed by atoms with Crippen molar-refractivity contribution in [3.8, 4) is 11.4 Å². The number of hydrogen-bond acceptors (Lipinski definition) is 24. The molecule has 10 rings (SSSR count). The van der Waals surface area contributed by atoms with Gasteiger partial charge >= 0.3 is 5.97 Å². The molecule has 4 aromatic rings. The highest BCUT2D eigenvalue weighted by Crippen LogP contribution is 2.48. The van der Waals surface area contributed by atoms with Crippen LogP contribution in [0.1, 0.15) is 123 Å². The van der Waals surface area contributed by atoms with Gasteiger partial charge in [-0.15, -0.1) is 0 Å². The molecule has 3 aliphatic heterocycles. The Morgan fingerprint density at radius 1 is 0.670 bits per heavy atom. The number of aliphatic hydroxyl groups is 1. The van der Waals surface area contributed by atoms with Crippen molar-refractivity contribution in [1.82, 2.24) is 46.4 Å². The predicted molar refractivity (Wildman–Crippen MR) is 398 cm³/mol. The van der Waals surface area contributed by atoms with Gasteiger partial charge in [0.15, 0.2) is 11.4 Å². The Bertz CT molecular complexity index is 4000. The van der Waals surface area contributed by atoms with E-state index in [1.807, 2.05) is 0 Å². The molecule has 612 valence electrons. The van der Waals surface area contributed by atoms with E-state index in [1.165, 1.54) is 15.5 Å². The Morgan fingerprint density at radius 2 is 1.25 bits per heavy atom. The van der Waals surface area contributed by atoms with E-state index < -0.39 is 84.3 Å². The van der Waals surface area contributed by atoms with Gasteiger partial charge in [-0.05, 0) is 111 Å². The number of esters is 1. The summed E-state index contributed by atoms with van der Waals surface area (Å²) in [7, 11) is 0. The lowest BCUT2D eigenvalue weighted by molar-refractivity contribution is -0.172. The summed E-state index contributed by atoms with van der Waals surface area (Å²) in [6.07, 6.45) is 4.94. The number of likely N-dealkylation sites (tertiary alicyclic amines) is 1. The van der Waals surface area contributed by atoms with E-state index in [0.717, 1.165) is 55.0 Å². The minimum atomic E-state index is -2.05. The summed E-state index contributed by atoms with van der Waals surface area (Å²) < 4.78 is 78.0. The topological polar surface area (TPSA) is 403 Å². The number of rotatable bonds is 50. The average molecular weight is 1570 g/mol. The molecule has 6 aliphatic rings. The second-order valence-electron chi connectivity index (χ2n) is 28.9. The lowest BCUT2D eigenvalue weighted by atomic mass is 9.76. The first-order chi connectivity index (χ1) is 54.2. The number of hydrogen-bond donors (Lipinski definition) is 7. The SMILES string of the molecule is CC[C@@]1(O)C(=O)OCc2c1cc1n(c2=O)Cc2c-1nc1cc(F)c(C)c3c1c2[C@@H](CC(=O)[C@H](OCNC(=O)CNC(=O)[C@H](Cc1ccccc1)NC(=O)CNC(=O)CNC(=O)COCCOCCOCCOCCOCCOCCOCCOCCOCCNC(=O)C1CCC(CN2C(=O)CC(C)C2=O)CC1)C1CC1)CC3. The maximum absolute atomic E-state index is 15.6. The van der Waals surface area contributed by atoms with Crippen molar-refractivity contribution in [3.63, 3.8) is 0 Å². The minimum Gasteiger partial charge on any atom is -0.458 e. The fraction of sp³-hybridized carbons (Fsp3) is 0.620. The van der Waals surface area contributed by atoms with Crippen LogP contribution in [0.3, 0.4) is 0 Å². The summed E-state index contributed by atoms with van der Waals surface area (Å²) in [4.78, 5) is 150. The lowest BCUT2D eigenvalue weighted by Crippen LogP contribution is -2.52. The molecule has 5 heterocycles. The van der Waals surface area contributed by atoms with Gasteiger partial charge in [0.25, 0.3) is 5.56 Å². The van der Waals surface area contributed by atoms with Crippen molar-refractivity contribution in [3.05, 3.63) is 97.6 Å². The van der Waals surface area contributed by atoms with Crippen molar-refractivity contribution in [2.45, 2.75) is 135 Å². The first-order valence-electron chi connectivity index (χ1n) is 38.9. The maximum Gasteiger partial charge on any atom is 0.343 e. The van der Waals surface area contributed by atoms with Gasteiger partial charge < -0.3 is 93.7 Å². The molecule has 0 bridgehead atoms. The number of benzene rings is 2. The molecule has 3 aliphatic carbocycles. The third kappa shape index (κ3) is 24.0. The molecule has 112 heavy (non-hydrogen) atoms. The summed E-state index contributed by atoms with van der Waals surface area (Å²) in [5.41, 5.74) is 2.31. The summed E-state index contributed by atoms with van der Waals surface area (Å²) in [5.74, 6) is -5.54. The fourth-order valence-electron chi connectivity index (χ4n) is 14.7. The third-order valence-electron chi connectivity index (χ3n) is 21.0. The Balaban J connectivity index is 0.512. The number of halogens is 1. The van der Waals surface area contributed by atoms with E-state index in [9.17, 15) is 57.8 Å². The Morgan fingerprint density at radius 3 is 1.85 bits per heavy atom. The Hall–Kier alpha value is -8.61. The molecule has 8 amide bonds. The number of nitrogens with one attached hydrogen (secondary N) is 6. The van der Waals surface area contributed by atoms with Crippen LogP contribution in [0, 0.1) is 36.4 Å². The largest absolute Gasteiger partial charge is 0.458 e. The third-order valence-corrected chi connectivity index (χ3v) is 21.0. The first kappa shape index (κ1) is 85.8. The second-order valence-corrected chi connectivity index (χ2v) is 28.9. The Labute approximate surface area is 648 Å². The summed E-state index contributed by atoms with van der Waals surface area (Å²) >= 11 is 0. The van der Waals surface area contributed by atoms with Crippen LogP contribution in [-0.2, 0) is 132 Å². The zero-order valence-electron chi connectivity index (χ0n) is 64.1. The maximum atomic E-state index is 15.6. The predicted octanol–water partition coefficient (Wildman–Crippen LogP) is 1.93. The number of amides is 8. The van der Waals surface area contributed by atoms with Crippen LogP contribution in [-0.4, -0.2) is 249 Å². The molecule has 2 aromatic carbocycles. The quantitative estimate of drug-likeness (QED) is 0.0127. The van der Waals surface area contributed by atoms with Crippen LogP contribution in [0.15, 0.2) is 47.3 Å². The van der Waals surface area contributed by atoms with Gasteiger partial charge in [-0.1, -0.05) is 44.2 Å². The zero-order valence-corrected chi connectivity index (χ0v) is 64.1. The van der Waals surface area contributed by atoms with Gasteiger partial charge in [0.1, 0.15) is 37.9 Å². The van der Waals surface area contributed by atoms with Crippen LogP contribution < -0.4 is 37.5 Å². The molecule has 5 atom stereocenters. The van der Waals surface area contributed by atoms with Crippen molar-refractivity contribution in [1.29, 1.82) is 0 Å². The molecule has 0 spiro atoms. The highest BCUT2D eigenvalue weighted by Gasteiger charge is 2.47. The van der Waals surface area contributed by atoms with Crippen molar-refractivity contribution < 1.29 is 110 Å². The molecule has 1 unspecified atom stereocenters. The van der Waals surface area contributed by atoms with Crippen LogP contribution in [0.4, 0.5) is 4.39 Å². The molecular formula is C79H106FN9O23. The van der Waals surface area contributed by atoms with Gasteiger partial charge in [0.05, 0.1) is 161 Å². The molecule has 2 saturated carbocycles. The van der Waals surface area contributed by atoms with E-state index in [2.05, 4.69) is 31.9 Å². The number of pyridine rings is 2. The number of ether oxygens (including phenoxy) is 11. The number of fused-ring (bicyclic) bond motifs is 5. The van der Waals surface area contributed by atoms with E-state index in [1.54, 1.807) is 57.2 Å². The normalized spacial score (nSPS) is 19.5. The Kier molecular flexibility index (Phi) is 33.0. The van der Waals surface area contributed by atoms with Gasteiger partial charge in [0, 0.05) is 66.8 Å². The van der Waals surface area contributed by atoms with E-state index in [-0.39, 0.29) is 130 Å². The summed E-state index contributed by atoms with van der Waals surface area (Å²) in [5, 5.41) is 27.7. The van der Waals surface area contributed by atoms with Crippen molar-refractivity contribution in [2.75, 3.05) is 158 Å². The van der Waals surface area contributed by atoms with E-state index >= 15 is 4.39 Å². The first-order valence-corrected chi connectivity index (χ1v) is 38.9. The summed E-state index contributed by atoms with van der Waals surface area (Å²) in [6.45, 7) is 9.55. The molecule has 7 N–H and O–H groups in total. The second kappa shape index (κ2) is 43.0. The number of nitrogens with zero attached hydrogens (tertiary/aromatic N) is 3. The fourth-order valence-corrected chi connectivity index (χ4v) is 14.7. The molecule has 0 radical (unpaired) electrons. The lowest BCUT2D eigenvalue weighted by Gasteiger charge is -2.31. The van der Waals surface area contributed by atoms with Crippen LogP contribution in [0.5, 0.6) is 0 Å². The number of ketones is 1. The molecule has 3 fully saturated rings. The van der Waals surface area contributed by atoms with Crippen LogP contribution in [0.25, 0.3) is 22.3 Å². The van der Waals surface area contributed by atoms with E-state index in [4.69, 9.17) is 57.1 Å². The van der Waals surface area contributed by atoms with E-state index in [0.29, 0.717) is 158 Å². The van der Waals surface area contributed by atoms with Crippen molar-refractivity contribution >= 4 is 69.9 Å². The summed E-state index contributed by atoms with van der Waals surface area (Å²) in [6, 6.07) is 10.6. The zero-order chi connectivity index (χ0) is 79.5. The van der Waals surface area contributed by atoms with Crippen molar-refractivity contribution in [2.24, 2.45) is 23.7 Å². The molecular weight excluding hydrogens is 1460 g/mol. The van der Waals surface area contributed by atoms with Gasteiger partial charge in [-0.3, -0.25) is 52.8 Å². The number of aromatic nitrogens is 2. The standard InChI is InChI=1S/C79H106FN9O23/c1-4-79(101)59-39-63-72-57(45-88(63)77(99)58(59)46-111-78(79)100)70-55(16-17-56-50(3)60(80)40-61(87-72)71(56)70)38-64(90)73(53-14-15-53)112-48-85-66(92)42-84-75(97)62(37-51-8-6-5-7-9-51)86-67(93)43-82-65(91)41-83-68(94)47-110-35-34-109-33-32-108-31-30-107-29-28-106-27-26-105-25-24-104-23-22-103-21-20-102-19-18-81-74(96)54-12-10-52(11-13-54)44-89-69(95)36-49(2)76(89)98/h5-9,39-40,49,52-55,62,73,101H,4,10-38,41-48H2,1-3H3,(H,81,96)(H,82,91)(H,83,94)(H,84,97)(H,85,92)(H,86,93)/t49?,52?,54?,55-,62+,73-,79+/m1/s1. The number of carbonyl (C=O) groups is 10. The molecule has 32 nitrogen and oxygen atoms in total. The molecule has 33 heteroatoms. The number of aryl methyl sites for hydroxylation is 1. The number of cyclic esters (lactones) is 1. The number of imide groups is 1.